The van der Waals surface area contributed by atoms with E-state index in [0.717, 1.165) is 12.3 Å². The number of ether oxygens (including phenoxy) is 1. The van der Waals surface area contributed by atoms with Crippen molar-refractivity contribution < 1.29 is 26.8 Å². The number of carbonyl (C=O) groups is 1. The first-order valence-corrected chi connectivity index (χ1v) is 9.06. The highest BCUT2D eigenvalue weighted by Crippen LogP contribution is 2.43. The first-order valence-electron chi connectivity index (χ1n) is 7.52. The third kappa shape index (κ3) is 2.87. The molecule has 0 bridgehead atoms. The van der Waals surface area contributed by atoms with Crippen LogP contribution in [0.1, 0.15) is 31.6 Å². The summed E-state index contributed by atoms with van der Waals surface area (Å²) in [6.07, 6.45) is 1.52. The van der Waals surface area contributed by atoms with E-state index < -0.39 is 27.2 Å². The van der Waals surface area contributed by atoms with E-state index in [4.69, 9.17) is 14.3 Å². The molecule has 25 heavy (non-hydrogen) atoms. The maximum absolute atomic E-state index is 14.0. The van der Waals surface area contributed by atoms with Crippen LogP contribution in [-0.2, 0) is 19.6 Å². The summed E-state index contributed by atoms with van der Waals surface area (Å²) in [5.41, 5.74) is -0.735. The molecule has 1 aliphatic heterocycles. The number of rotatable bonds is 4. The molecule has 0 spiro atoms. The number of sulfonamides is 1. The van der Waals surface area contributed by atoms with Crippen molar-refractivity contribution in [2.45, 2.75) is 30.8 Å². The van der Waals surface area contributed by atoms with Crippen molar-refractivity contribution in [1.29, 1.82) is 0 Å². The zero-order valence-electron chi connectivity index (χ0n) is 13.6. The molecule has 6 nitrogen and oxygen atoms in total. The Bertz CT molecular complexity index is 975. The number of nitrogens with two attached hydrogens (primary N) is 1. The molecule has 2 heterocycles. The van der Waals surface area contributed by atoms with Gasteiger partial charge in [0.05, 0.1) is 11.2 Å². The molecular weight excluding hydrogens is 349 g/mol. The molecule has 1 aromatic carbocycles. The van der Waals surface area contributed by atoms with Crippen LogP contribution in [0.4, 0.5) is 4.39 Å². The highest BCUT2D eigenvalue weighted by atomic mass is 32.2. The standard InChI is InChI=1S/C17H16FNO5S/c1-3-17(2)16(20)13(15-12(18)8-9-23-15)14(24-17)10-4-6-11(7-5-10)25(19,21)22/h4-9H,3H2,1-2H3,(H2,19,21,22). The van der Waals surface area contributed by atoms with Crippen LogP contribution in [0.15, 0.2) is 45.9 Å². The van der Waals surface area contributed by atoms with Crippen LogP contribution < -0.4 is 5.14 Å². The second kappa shape index (κ2) is 5.82. The number of hydrogen-bond acceptors (Lipinski definition) is 5. The lowest BCUT2D eigenvalue weighted by Crippen LogP contribution is -2.32. The molecule has 1 aliphatic rings. The molecule has 2 aromatic rings. The Kier molecular flexibility index (Phi) is 4.04. The van der Waals surface area contributed by atoms with Gasteiger partial charge < -0.3 is 9.15 Å². The second-order valence-corrected chi connectivity index (χ2v) is 7.45. The van der Waals surface area contributed by atoms with Crippen molar-refractivity contribution in [2.24, 2.45) is 5.14 Å². The van der Waals surface area contributed by atoms with Crippen LogP contribution >= 0.6 is 0 Å². The van der Waals surface area contributed by atoms with Gasteiger partial charge in [-0.15, -0.1) is 0 Å². The molecule has 8 heteroatoms. The van der Waals surface area contributed by atoms with Gasteiger partial charge in [0.1, 0.15) is 11.3 Å². The molecule has 0 saturated heterocycles. The first kappa shape index (κ1) is 17.4. The molecule has 0 fully saturated rings. The lowest BCUT2D eigenvalue weighted by atomic mass is 9.92. The molecule has 2 N–H and O–H groups in total. The Morgan fingerprint density at radius 2 is 1.84 bits per heavy atom. The molecule has 1 aromatic heterocycles. The summed E-state index contributed by atoms with van der Waals surface area (Å²) in [5.74, 6) is -1.13. The second-order valence-electron chi connectivity index (χ2n) is 5.89. The van der Waals surface area contributed by atoms with Gasteiger partial charge in [0.25, 0.3) is 0 Å². The zero-order chi connectivity index (χ0) is 18.4. The lowest BCUT2D eigenvalue weighted by Gasteiger charge is -2.21. The van der Waals surface area contributed by atoms with Gasteiger partial charge in [-0.1, -0.05) is 6.92 Å². The van der Waals surface area contributed by atoms with Crippen molar-refractivity contribution in [1.82, 2.24) is 0 Å². The van der Waals surface area contributed by atoms with Gasteiger partial charge in [0.15, 0.2) is 17.2 Å². The number of hydrogen-bond donors (Lipinski definition) is 1. The molecule has 132 valence electrons. The molecule has 0 saturated carbocycles. The minimum atomic E-state index is -3.85. The fourth-order valence-corrected chi connectivity index (χ4v) is 3.12. The Morgan fingerprint density at radius 1 is 1.20 bits per heavy atom. The Labute approximate surface area is 144 Å². The number of Topliss-reactive ketones (excluding diaryl/α,β-unsaturated/α-hetero) is 1. The average Bonchev–Trinajstić information content (AvgIpc) is 3.09. The Morgan fingerprint density at radius 3 is 2.32 bits per heavy atom. The van der Waals surface area contributed by atoms with Crippen molar-refractivity contribution in [3.8, 4) is 0 Å². The average molecular weight is 365 g/mol. The maximum Gasteiger partial charge on any atom is 0.238 e. The summed E-state index contributed by atoms with van der Waals surface area (Å²) in [5, 5.41) is 5.08. The van der Waals surface area contributed by atoms with Gasteiger partial charge in [-0.25, -0.2) is 17.9 Å². The van der Waals surface area contributed by atoms with E-state index in [1.807, 2.05) is 0 Å². The number of primary sulfonamides is 1. The summed E-state index contributed by atoms with van der Waals surface area (Å²) >= 11 is 0. The minimum absolute atomic E-state index is 0.00444. The summed E-state index contributed by atoms with van der Waals surface area (Å²) in [6, 6.07) is 6.60. The summed E-state index contributed by atoms with van der Waals surface area (Å²) in [7, 11) is -3.85. The van der Waals surface area contributed by atoms with Gasteiger partial charge in [-0.3, -0.25) is 4.79 Å². The van der Waals surface area contributed by atoms with E-state index in [0.29, 0.717) is 12.0 Å². The van der Waals surface area contributed by atoms with Crippen molar-refractivity contribution >= 4 is 27.1 Å². The Balaban J connectivity index is 2.17. The third-order valence-corrected chi connectivity index (χ3v) is 5.15. The molecule has 1 unspecified atom stereocenters. The van der Waals surface area contributed by atoms with E-state index in [-0.39, 0.29) is 22.0 Å². The lowest BCUT2D eigenvalue weighted by molar-refractivity contribution is -0.126. The van der Waals surface area contributed by atoms with Gasteiger partial charge in [0.2, 0.25) is 15.8 Å². The highest BCUT2D eigenvalue weighted by molar-refractivity contribution is 7.89. The van der Waals surface area contributed by atoms with E-state index in [1.54, 1.807) is 13.8 Å². The number of ketones is 1. The number of halogens is 1. The van der Waals surface area contributed by atoms with Gasteiger partial charge in [0, 0.05) is 11.6 Å². The topological polar surface area (TPSA) is 99.6 Å². The van der Waals surface area contributed by atoms with Crippen LogP contribution in [0.2, 0.25) is 0 Å². The Hall–Kier alpha value is -2.45. The predicted molar refractivity (Wildman–Crippen MR) is 88.1 cm³/mol. The quantitative estimate of drug-likeness (QED) is 0.898. The predicted octanol–water partition coefficient (Wildman–Crippen LogP) is 2.70. The van der Waals surface area contributed by atoms with E-state index in [9.17, 15) is 17.6 Å². The largest absolute Gasteiger partial charge is 0.478 e. The normalized spacial score (nSPS) is 20.9. The smallest absolute Gasteiger partial charge is 0.238 e. The van der Waals surface area contributed by atoms with E-state index >= 15 is 0 Å². The van der Waals surface area contributed by atoms with Crippen LogP contribution in [0.5, 0.6) is 0 Å². The summed E-state index contributed by atoms with van der Waals surface area (Å²) < 4.78 is 47.7. The van der Waals surface area contributed by atoms with Crippen LogP contribution in [-0.4, -0.2) is 19.8 Å². The van der Waals surface area contributed by atoms with Crippen LogP contribution in [0, 0.1) is 5.82 Å². The van der Waals surface area contributed by atoms with Crippen molar-refractivity contribution in [3.05, 3.63) is 53.7 Å². The molecule has 0 radical (unpaired) electrons. The first-order chi connectivity index (χ1) is 11.7. The van der Waals surface area contributed by atoms with Gasteiger partial charge in [-0.05, 0) is 37.6 Å². The SMILES string of the molecule is CCC1(C)OC(c2ccc(S(N)(=O)=O)cc2)=C(c2occc2F)C1=O. The number of furan rings is 1. The summed E-state index contributed by atoms with van der Waals surface area (Å²) in [6.45, 7) is 3.39. The minimum Gasteiger partial charge on any atom is -0.478 e. The maximum atomic E-state index is 14.0. The third-order valence-electron chi connectivity index (χ3n) is 4.23. The number of carbonyl (C=O) groups excluding carboxylic acids is 1. The van der Waals surface area contributed by atoms with Crippen molar-refractivity contribution in [2.75, 3.05) is 0 Å². The fourth-order valence-electron chi connectivity index (χ4n) is 2.60. The van der Waals surface area contributed by atoms with Crippen LogP contribution in [0.3, 0.4) is 0 Å². The molecule has 0 amide bonds. The number of benzene rings is 1. The van der Waals surface area contributed by atoms with E-state index in [2.05, 4.69) is 0 Å². The molecule has 3 rings (SSSR count). The zero-order valence-corrected chi connectivity index (χ0v) is 14.4. The fraction of sp³-hybridized carbons (Fsp3) is 0.235. The highest BCUT2D eigenvalue weighted by Gasteiger charge is 2.47. The molecule has 0 aliphatic carbocycles. The molecular formula is C17H16FNO5S. The monoisotopic (exact) mass is 365 g/mol. The summed E-state index contributed by atoms with van der Waals surface area (Å²) in [4.78, 5) is 12.7. The van der Waals surface area contributed by atoms with Crippen LogP contribution in [0.25, 0.3) is 11.3 Å². The molecule has 1 atom stereocenters. The van der Waals surface area contributed by atoms with Gasteiger partial charge >= 0.3 is 0 Å². The van der Waals surface area contributed by atoms with E-state index in [1.165, 1.54) is 24.3 Å². The van der Waals surface area contributed by atoms with Gasteiger partial charge in [-0.2, -0.15) is 0 Å². The van der Waals surface area contributed by atoms with Crippen molar-refractivity contribution in [3.63, 3.8) is 0 Å².